The van der Waals surface area contributed by atoms with Crippen LogP contribution in [0, 0.1) is 0 Å². The van der Waals surface area contributed by atoms with Crippen molar-refractivity contribution >= 4 is 51.2 Å². The first-order valence-corrected chi connectivity index (χ1v) is 9.39. The summed E-state index contributed by atoms with van der Waals surface area (Å²) in [5.41, 5.74) is 2.13. The molecule has 0 unspecified atom stereocenters. The van der Waals surface area contributed by atoms with Gasteiger partial charge in [0.1, 0.15) is 0 Å². The summed E-state index contributed by atoms with van der Waals surface area (Å²) in [6.45, 7) is 0. The van der Waals surface area contributed by atoms with Crippen molar-refractivity contribution < 1.29 is 32.6 Å². The Labute approximate surface area is 173 Å². The van der Waals surface area contributed by atoms with Crippen molar-refractivity contribution in [2.45, 2.75) is 5.22 Å². The molecule has 1 radical (unpaired) electrons. The van der Waals surface area contributed by atoms with Crippen LogP contribution in [-0.4, -0.2) is 33.1 Å². The number of hydrogen-bond donors (Lipinski definition) is 2. The number of carbonyl (C=O) groups excluding carboxylic acids is 2. The van der Waals surface area contributed by atoms with Gasteiger partial charge in [0.15, 0.2) is 0 Å². The molecular weight excluding hydrogens is 423 g/mol. The minimum Gasteiger partial charge on any atom is -0.411 e. The molecule has 0 saturated carbocycles. The average molecular weight is 434 g/mol. The van der Waals surface area contributed by atoms with Crippen LogP contribution in [0.3, 0.4) is 0 Å². The number of nitrogens with one attached hydrogen (secondary N) is 2. The molecule has 1 aromatic carbocycles. The van der Waals surface area contributed by atoms with Crippen molar-refractivity contribution in [2.75, 3.05) is 11.1 Å². The Morgan fingerprint density at radius 3 is 3.00 bits per heavy atom. The first-order valence-electron chi connectivity index (χ1n) is 7.53. The molecule has 7 nitrogen and oxygen atoms in total. The van der Waals surface area contributed by atoms with E-state index in [9.17, 15) is 9.59 Å². The van der Waals surface area contributed by atoms with Gasteiger partial charge in [0.05, 0.1) is 17.6 Å². The Kier molecular flexibility index (Phi) is 6.17. The first kappa shape index (κ1) is 19.4. The van der Waals surface area contributed by atoms with Crippen molar-refractivity contribution in [3.63, 3.8) is 0 Å². The maximum Gasteiger partial charge on any atom is 0.277 e. The second kappa shape index (κ2) is 8.58. The number of hydrogen-bond acceptors (Lipinski definition) is 7. The summed E-state index contributed by atoms with van der Waals surface area (Å²) in [6, 6.07) is 9.41. The van der Waals surface area contributed by atoms with Gasteiger partial charge in [-0.1, -0.05) is 35.3 Å². The summed E-state index contributed by atoms with van der Waals surface area (Å²) in [7, 11) is 0. The average Bonchev–Trinajstić information content (AvgIpc) is 3.38. The van der Waals surface area contributed by atoms with Gasteiger partial charge in [-0.05, 0) is 11.1 Å². The topological polar surface area (TPSA) is 101 Å². The molecule has 0 fully saturated rings. The molecule has 2 N–H and O–H groups in total. The molecule has 10 heteroatoms. The molecule has 4 rings (SSSR count). The molecule has 0 aliphatic carbocycles. The van der Waals surface area contributed by atoms with E-state index in [-0.39, 0.29) is 30.2 Å². The molecule has 0 bridgehead atoms. The van der Waals surface area contributed by atoms with Gasteiger partial charge in [0.25, 0.3) is 11.1 Å². The molecule has 1 amide bonds. The van der Waals surface area contributed by atoms with Gasteiger partial charge in [-0.2, -0.15) is 0 Å². The van der Waals surface area contributed by atoms with E-state index < -0.39 is 0 Å². The van der Waals surface area contributed by atoms with Crippen molar-refractivity contribution in [1.29, 1.82) is 0 Å². The number of thiophene rings is 1. The second-order valence-corrected chi connectivity index (χ2v) is 7.07. The fourth-order valence-corrected chi connectivity index (χ4v) is 3.71. The molecule has 4 aromatic rings. The number of rotatable bonds is 6. The van der Waals surface area contributed by atoms with Gasteiger partial charge in [0.2, 0.25) is 5.91 Å². The molecule has 0 saturated heterocycles. The Balaban J connectivity index is 0.00000210. The van der Waals surface area contributed by atoms with E-state index in [1.54, 1.807) is 17.7 Å². The largest absolute Gasteiger partial charge is 0.411 e. The zero-order valence-corrected chi connectivity index (χ0v) is 16.7. The molecular formula is C17H11N4O3S2V-. The Morgan fingerprint density at radius 2 is 2.15 bits per heavy atom. The summed E-state index contributed by atoms with van der Waals surface area (Å²) in [5, 5.41) is 14.2. The van der Waals surface area contributed by atoms with Crippen LogP contribution < -0.4 is 5.32 Å². The first-order chi connectivity index (χ1) is 12.7. The summed E-state index contributed by atoms with van der Waals surface area (Å²) in [4.78, 5) is 25.9. The fourth-order valence-electron chi connectivity index (χ4n) is 2.40. The third-order valence-electron chi connectivity index (χ3n) is 3.58. The molecule has 135 valence electrons. The molecule has 0 spiro atoms. The van der Waals surface area contributed by atoms with Crippen molar-refractivity contribution in [3.8, 4) is 11.5 Å². The normalized spacial score (nSPS) is 10.5. The summed E-state index contributed by atoms with van der Waals surface area (Å²) in [6.07, 6.45) is 3.60. The zero-order chi connectivity index (χ0) is 17.9. The van der Waals surface area contributed by atoms with Crippen LogP contribution in [0.4, 0.5) is 5.00 Å². The number of fused-ring (bicyclic) bond motifs is 1. The minimum absolute atomic E-state index is 0. The summed E-state index contributed by atoms with van der Waals surface area (Å²) >= 11 is 2.40. The van der Waals surface area contributed by atoms with E-state index in [1.165, 1.54) is 11.3 Å². The van der Waals surface area contributed by atoms with Crippen LogP contribution in [0.2, 0.25) is 0 Å². The van der Waals surface area contributed by atoms with Crippen LogP contribution in [-0.2, 0) is 28.1 Å². The standard InChI is InChI=1S/C17H11N4O3S2.V/c22-8-10-5-6-25-16(10)19-14(23)9-26-17-21-20-15(24-17)12-7-18-13-4-2-1-3-11(12)13;/h1-7,18H,9H2,(H,19,23);/q-1;. The Morgan fingerprint density at radius 1 is 1.30 bits per heavy atom. The number of thioether (sulfide) groups is 1. The van der Waals surface area contributed by atoms with Crippen LogP contribution in [0.15, 0.2) is 51.5 Å². The van der Waals surface area contributed by atoms with E-state index in [0.29, 0.717) is 21.7 Å². The van der Waals surface area contributed by atoms with Crippen molar-refractivity contribution in [2.24, 2.45) is 0 Å². The predicted molar refractivity (Wildman–Crippen MR) is 100 cm³/mol. The zero-order valence-electron chi connectivity index (χ0n) is 13.6. The van der Waals surface area contributed by atoms with E-state index in [4.69, 9.17) is 4.42 Å². The van der Waals surface area contributed by atoms with E-state index >= 15 is 0 Å². The smallest absolute Gasteiger partial charge is 0.277 e. The molecule has 27 heavy (non-hydrogen) atoms. The number of aromatic nitrogens is 3. The van der Waals surface area contributed by atoms with Crippen LogP contribution in [0.25, 0.3) is 22.4 Å². The molecule has 0 aliphatic heterocycles. The third kappa shape index (κ3) is 4.17. The summed E-state index contributed by atoms with van der Waals surface area (Å²) < 4.78 is 5.65. The quantitative estimate of drug-likeness (QED) is 0.356. The van der Waals surface area contributed by atoms with Gasteiger partial charge in [0, 0.05) is 35.7 Å². The van der Waals surface area contributed by atoms with Crippen molar-refractivity contribution in [1.82, 2.24) is 15.2 Å². The SMILES string of the molecule is O=[C-]c1ccsc1NC(=O)CSc1nnc(-c2c[nH]c3ccccc23)o1.[V]. The van der Waals surface area contributed by atoms with E-state index in [0.717, 1.165) is 28.2 Å². The third-order valence-corrected chi connectivity index (χ3v) is 5.23. The Hall–Kier alpha value is -2.33. The van der Waals surface area contributed by atoms with Crippen LogP contribution in [0.5, 0.6) is 0 Å². The van der Waals surface area contributed by atoms with Crippen LogP contribution >= 0.6 is 23.1 Å². The monoisotopic (exact) mass is 434 g/mol. The minimum atomic E-state index is -0.263. The predicted octanol–water partition coefficient (Wildman–Crippen LogP) is 3.47. The van der Waals surface area contributed by atoms with Gasteiger partial charge in [-0.15, -0.1) is 21.8 Å². The van der Waals surface area contributed by atoms with Crippen LogP contribution in [0.1, 0.15) is 5.56 Å². The molecule has 3 heterocycles. The van der Waals surface area contributed by atoms with E-state index in [1.807, 2.05) is 30.5 Å². The number of nitrogens with zero attached hydrogens (tertiary/aromatic N) is 2. The number of anilines is 1. The second-order valence-electron chi connectivity index (χ2n) is 5.22. The van der Waals surface area contributed by atoms with Gasteiger partial charge < -0.3 is 19.5 Å². The molecule has 0 atom stereocenters. The van der Waals surface area contributed by atoms with E-state index in [2.05, 4.69) is 20.5 Å². The number of H-pyrrole nitrogens is 1. The number of para-hydroxylation sites is 1. The molecule has 0 aliphatic rings. The number of amides is 1. The Bertz CT molecular complexity index is 1090. The van der Waals surface area contributed by atoms with Gasteiger partial charge in [-0.3, -0.25) is 4.79 Å². The fraction of sp³-hybridized carbons (Fsp3) is 0.0588. The molecule has 3 aromatic heterocycles. The maximum absolute atomic E-state index is 12.0. The number of benzene rings is 1. The summed E-state index contributed by atoms with van der Waals surface area (Å²) in [5.74, 6) is 0.216. The van der Waals surface area contributed by atoms with Gasteiger partial charge in [-0.25, -0.2) is 11.3 Å². The van der Waals surface area contributed by atoms with Gasteiger partial charge >= 0.3 is 0 Å². The van der Waals surface area contributed by atoms with Crippen molar-refractivity contribution in [3.05, 3.63) is 47.5 Å². The maximum atomic E-state index is 12.0. The number of aromatic amines is 1. The number of carbonyl (C=O) groups is 1.